The number of halogens is 3. The van der Waals surface area contributed by atoms with E-state index in [0.29, 0.717) is 46.6 Å². The molecule has 2 aromatic carbocycles. The van der Waals surface area contributed by atoms with Crippen molar-refractivity contribution in [2.24, 2.45) is 0 Å². The van der Waals surface area contributed by atoms with Crippen LogP contribution in [-0.4, -0.2) is 67.2 Å². The molecule has 204 valence electrons. The lowest BCUT2D eigenvalue weighted by Crippen LogP contribution is -2.61. The number of nitrogens with zero attached hydrogens (tertiary/aromatic N) is 3. The Labute approximate surface area is 223 Å². The van der Waals surface area contributed by atoms with E-state index < -0.39 is 11.7 Å². The highest BCUT2D eigenvalue weighted by Gasteiger charge is 2.40. The van der Waals surface area contributed by atoms with E-state index in [-0.39, 0.29) is 29.9 Å². The van der Waals surface area contributed by atoms with Crippen molar-refractivity contribution in [2.45, 2.75) is 50.5 Å². The largest absolute Gasteiger partial charge is 0.493 e. The first kappa shape index (κ1) is 26.6. The highest BCUT2D eigenvalue weighted by Crippen LogP contribution is 2.40. The lowest BCUT2D eigenvalue weighted by molar-refractivity contribution is -0.137. The van der Waals surface area contributed by atoms with E-state index in [1.165, 1.54) is 24.5 Å². The van der Waals surface area contributed by atoms with Crippen LogP contribution in [0, 0.1) is 0 Å². The van der Waals surface area contributed by atoms with Crippen molar-refractivity contribution in [3.63, 3.8) is 0 Å². The molecule has 2 unspecified atom stereocenters. The summed E-state index contributed by atoms with van der Waals surface area (Å²) in [6.07, 6.45) is -1.30. The number of carbonyl (C=O) groups excluding carboxylic acids is 1. The average molecular weight is 550 g/mol. The number of para-hydroxylation sites is 1. The minimum Gasteiger partial charge on any atom is -0.493 e. The third-order valence-electron chi connectivity index (χ3n) is 7.39. The summed E-state index contributed by atoms with van der Waals surface area (Å²) in [6, 6.07) is 8.06. The summed E-state index contributed by atoms with van der Waals surface area (Å²) in [4.78, 5) is 22.0. The smallest absolute Gasteiger partial charge is 0.418 e. The van der Waals surface area contributed by atoms with Crippen LogP contribution < -0.4 is 14.2 Å². The minimum absolute atomic E-state index is 0.0179. The molecule has 2 atom stereocenters. The molecule has 38 heavy (non-hydrogen) atoms. The molecule has 1 aromatic heterocycles. The molecular formula is C27H30F3N3O4S. The number of likely N-dealkylation sites (tertiary alicyclic amines) is 1. The molecule has 2 fully saturated rings. The SMILES string of the molecule is COc1cc(CC(=O)N2CC3CCCC(C2)N3Cc2nc3c(C(F)(F)F)cccc3s2)cc(OC)c1OC. The maximum Gasteiger partial charge on any atom is 0.418 e. The van der Waals surface area contributed by atoms with E-state index in [2.05, 4.69) is 9.88 Å². The topological polar surface area (TPSA) is 64.1 Å². The van der Waals surface area contributed by atoms with Crippen LogP contribution in [0.15, 0.2) is 30.3 Å². The zero-order valence-electron chi connectivity index (χ0n) is 21.5. The van der Waals surface area contributed by atoms with Crippen LogP contribution in [0.25, 0.3) is 10.2 Å². The number of methoxy groups -OCH3 is 3. The van der Waals surface area contributed by atoms with Gasteiger partial charge in [-0.25, -0.2) is 4.98 Å². The Balaban J connectivity index is 1.31. The lowest BCUT2D eigenvalue weighted by Gasteiger charge is -2.50. The molecule has 0 N–H and O–H groups in total. The van der Waals surface area contributed by atoms with Crippen molar-refractivity contribution in [3.05, 3.63) is 46.5 Å². The first-order chi connectivity index (χ1) is 18.2. The number of carbonyl (C=O) groups is 1. The Morgan fingerprint density at radius 2 is 1.71 bits per heavy atom. The van der Waals surface area contributed by atoms with Crippen molar-refractivity contribution >= 4 is 27.5 Å². The highest BCUT2D eigenvalue weighted by atomic mass is 32.1. The predicted octanol–water partition coefficient (Wildman–Crippen LogP) is 5.15. The zero-order valence-corrected chi connectivity index (χ0v) is 22.3. The second kappa shape index (κ2) is 10.6. The number of fused-ring (bicyclic) bond motifs is 3. The van der Waals surface area contributed by atoms with Crippen molar-refractivity contribution in [2.75, 3.05) is 34.4 Å². The van der Waals surface area contributed by atoms with Crippen LogP contribution in [0.2, 0.25) is 0 Å². The molecule has 2 aliphatic rings. The van der Waals surface area contributed by atoms with Crippen LogP contribution in [0.3, 0.4) is 0 Å². The Morgan fingerprint density at radius 3 is 2.29 bits per heavy atom. The van der Waals surface area contributed by atoms with E-state index in [1.807, 2.05) is 4.90 Å². The zero-order chi connectivity index (χ0) is 27.0. The number of alkyl halides is 3. The number of piperazine rings is 1. The predicted molar refractivity (Wildman–Crippen MR) is 138 cm³/mol. The van der Waals surface area contributed by atoms with E-state index >= 15 is 0 Å². The number of thiazole rings is 1. The number of hydrogen-bond acceptors (Lipinski definition) is 7. The minimum atomic E-state index is -4.44. The normalized spacial score (nSPS) is 20.0. The Kier molecular flexibility index (Phi) is 7.41. The standard InChI is InChI=1S/C27H30F3N3O4S/c1-35-20-10-16(11-21(36-2)26(20)37-3)12-24(34)32-13-17-6-4-7-18(14-32)33(17)15-23-31-25-19(27(28,29)30)8-5-9-22(25)38-23/h5,8-11,17-18H,4,6-7,12-15H2,1-3H3. The summed E-state index contributed by atoms with van der Waals surface area (Å²) in [5.41, 5.74) is 0.0938. The Bertz CT molecular complexity index is 1290. The van der Waals surface area contributed by atoms with Gasteiger partial charge < -0.3 is 19.1 Å². The summed E-state index contributed by atoms with van der Waals surface area (Å²) < 4.78 is 57.2. The van der Waals surface area contributed by atoms with Crippen LogP contribution in [0.5, 0.6) is 17.2 Å². The van der Waals surface area contributed by atoms with Gasteiger partial charge in [-0.3, -0.25) is 9.69 Å². The number of aromatic nitrogens is 1. The number of ether oxygens (including phenoxy) is 3. The van der Waals surface area contributed by atoms with Gasteiger partial charge in [0.05, 0.1) is 50.1 Å². The fourth-order valence-corrected chi connectivity index (χ4v) is 6.63. The Morgan fingerprint density at radius 1 is 1.05 bits per heavy atom. The molecule has 5 rings (SSSR count). The molecule has 3 aromatic rings. The summed E-state index contributed by atoms with van der Waals surface area (Å²) in [5.74, 6) is 1.50. The van der Waals surface area contributed by atoms with Gasteiger partial charge in [0, 0.05) is 25.2 Å². The second-order valence-corrected chi connectivity index (χ2v) is 10.8. The van der Waals surface area contributed by atoms with Crippen molar-refractivity contribution in [1.82, 2.24) is 14.8 Å². The molecule has 2 saturated heterocycles. The molecule has 3 heterocycles. The van der Waals surface area contributed by atoms with Gasteiger partial charge in [-0.05, 0) is 42.7 Å². The maximum absolute atomic E-state index is 13.5. The Hall–Kier alpha value is -3.05. The number of rotatable bonds is 7. The number of amides is 1. The van der Waals surface area contributed by atoms with Gasteiger partial charge in [0.2, 0.25) is 11.7 Å². The third-order valence-corrected chi connectivity index (χ3v) is 8.40. The fourth-order valence-electron chi connectivity index (χ4n) is 5.63. The van der Waals surface area contributed by atoms with Crippen LogP contribution in [-0.2, 0) is 23.9 Å². The van der Waals surface area contributed by atoms with Gasteiger partial charge in [0.1, 0.15) is 5.01 Å². The highest BCUT2D eigenvalue weighted by molar-refractivity contribution is 7.18. The summed E-state index contributed by atoms with van der Waals surface area (Å²) in [7, 11) is 4.62. The van der Waals surface area contributed by atoms with Gasteiger partial charge >= 0.3 is 6.18 Å². The average Bonchev–Trinajstić information content (AvgIpc) is 3.29. The molecule has 11 heteroatoms. The molecule has 0 saturated carbocycles. The monoisotopic (exact) mass is 549 g/mol. The van der Waals surface area contributed by atoms with Crippen molar-refractivity contribution < 1.29 is 32.2 Å². The molecule has 2 aliphatic heterocycles. The third kappa shape index (κ3) is 5.13. The fraction of sp³-hybridized carbons (Fsp3) is 0.481. The molecular weight excluding hydrogens is 519 g/mol. The molecule has 2 bridgehead atoms. The van der Waals surface area contributed by atoms with Gasteiger partial charge in [0.15, 0.2) is 11.5 Å². The van der Waals surface area contributed by atoms with Gasteiger partial charge in [-0.1, -0.05) is 12.5 Å². The van der Waals surface area contributed by atoms with Crippen LogP contribution in [0.1, 0.15) is 35.4 Å². The summed E-state index contributed by atoms with van der Waals surface area (Å²) >= 11 is 1.31. The lowest BCUT2D eigenvalue weighted by atomic mass is 9.91. The summed E-state index contributed by atoms with van der Waals surface area (Å²) in [6.45, 7) is 1.65. The van der Waals surface area contributed by atoms with Crippen LogP contribution in [0.4, 0.5) is 13.2 Å². The van der Waals surface area contributed by atoms with Gasteiger partial charge in [-0.2, -0.15) is 13.2 Å². The van der Waals surface area contributed by atoms with Gasteiger partial charge in [0.25, 0.3) is 0 Å². The van der Waals surface area contributed by atoms with E-state index in [9.17, 15) is 18.0 Å². The maximum atomic E-state index is 13.5. The second-order valence-electron chi connectivity index (χ2n) is 9.68. The molecule has 1 amide bonds. The number of piperidine rings is 1. The van der Waals surface area contributed by atoms with Crippen LogP contribution >= 0.6 is 11.3 Å². The quantitative estimate of drug-likeness (QED) is 0.406. The van der Waals surface area contributed by atoms with Crippen molar-refractivity contribution in [1.29, 1.82) is 0 Å². The molecule has 7 nitrogen and oxygen atoms in total. The van der Waals surface area contributed by atoms with E-state index in [4.69, 9.17) is 14.2 Å². The molecule has 0 spiro atoms. The van der Waals surface area contributed by atoms with E-state index in [1.54, 1.807) is 32.4 Å². The van der Waals surface area contributed by atoms with Crippen molar-refractivity contribution in [3.8, 4) is 17.2 Å². The van der Waals surface area contributed by atoms with E-state index in [0.717, 1.165) is 30.9 Å². The molecule has 0 radical (unpaired) electrons. The summed E-state index contributed by atoms with van der Waals surface area (Å²) in [5, 5.41) is 0.672. The first-order valence-electron chi connectivity index (χ1n) is 12.5. The number of hydrogen-bond donors (Lipinski definition) is 0. The number of benzene rings is 2. The molecule has 0 aliphatic carbocycles. The van der Waals surface area contributed by atoms with Gasteiger partial charge in [-0.15, -0.1) is 11.3 Å². The first-order valence-corrected chi connectivity index (χ1v) is 13.3.